The zero-order valence-electron chi connectivity index (χ0n) is 10.8. The van der Waals surface area contributed by atoms with Gasteiger partial charge in [-0.25, -0.2) is 4.98 Å². The van der Waals surface area contributed by atoms with E-state index in [1.54, 1.807) is 7.11 Å². The third kappa shape index (κ3) is 2.74. The lowest BCUT2D eigenvalue weighted by atomic mass is 10.1. The SMILES string of the molecule is COC(C)CNc1ccc2ccc(Cl)c(C)c2n1. The molecule has 0 aliphatic carbocycles. The molecule has 0 spiro atoms. The first-order valence-electron chi connectivity index (χ1n) is 5.94. The fourth-order valence-corrected chi connectivity index (χ4v) is 1.89. The number of nitrogens with zero attached hydrogens (tertiary/aromatic N) is 1. The van der Waals surface area contributed by atoms with Gasteiger partial charge in [-0.2, -0.15) is 0 Å². The summed E-state index contributed by atoms with van der Waals surface area (Å²) >= 11 is 6.11. The molecule has 0 bridgehead atoms. The minimum absolute atomic E-state index is 0.156. The summed E-state index contributed by atoms with van der Waals surface area (Å²) in [5.74, 6) is 0.844. The van der Waals surface area contributed by atoms with E-state index in [0.717, 1.165) is 33.9 Å². The molecule has 4 heteroatoms. The Morgan fingerprint density at radius 2 is 2.06 bits per heavy atom. The number of fused-ring (bicyclic) bond motifs is 1. The standard InChI is InChI=1S/C14H17ClN2O/c1-9(18-3)8-16-13-7-5-11-4-6-12(15)10(2)14(11)17-13/h4-7,9H,8H2,1-3H3,(H,16,17). The molecule has 1 aromatic heterocycles. The topological polar surface area (TPSA) is 34.1 Å². The van der Waals surface area contributed by atoms with Gasteiger partial charge < -0.3 is 10.1 Å². The highest BCUT2D eigenvalue weighted by Crippen LogP contribution is 2.24. The molecule has 1 aromatic carbocycles. The van der Waals surface area contributed by atoms with Crippen molar-refractivity contribution in [1.82, 2.24) is 4.98 Å². The van der Waals surface area contributed by atoms with Crippen molar-refractivity contribution < 1.29 is 4.74 Å². The average Bonchev–Trinajstić information content (AvgIpc) is 2.40. The number of nitrogens with one attached hydrogen (secondary N) is 1. The molecule has 96 valence electrons. The first-order chi connectivity index (χ1) is 8.61. The van der Waals surface area contributed by atoms with Crippen LogP contribution in [0.2, 0.25) is 5.02 Å². The largest absolute Gasteiger partial charge is 0.380 e. The lowest BCUT2D eigenvalue weighted by Crippen LogP contribution is -2.18. The van der Waals surface area contributed by atoms with Crippen LogP contribution in [0.25, 0.3) is 10.9 Å². The molecule has 18 heavy (non-hydrogen) atoms. The van der Waals surface area contributed by atoms with E-state index in [2.05, 4.69) is 10.3 Å². The van der Waals surface area contributed by atoms with Crippen molar-refractivity contribution in [3.05, 3.63) is 34.9 Å². The van der Waals surface area contributed by atoms with Crippen LogP contribution in [0.3, 0.4) is 0 Å². The number of halogens is 1. The Morgan fingerprint density at radius 1 is 1.33 bits per heavy atom. The van der Waals surface area contributed by atoms with Crippen LogP contribution in [0, 0.1) is 6.92 Å². The van der Waals surface area contributed by atoms with Gasteiger partial charge in [0.1, 0.15) is 5.82 Å². The van der Waals surface area contributed by atoms with E-state index < -0.39 is 0 Å². The van der Waals surface area contributed by atoms with Crippen molar-refractivity contribution in [3.8, 4) is 0 Å². The van der Waals surface area contributed by atoms with E-state index in [4.69, 9.17) is 16.3 Å². The lowest BCUT2D eigenvalue weighted by Gasteiger charge is -2.12. The van der Waals surface area contributed by atoms with Crippen LogP contribution in [0.1, 0.15) is 12.5 Å². The van der Waals surface area contributed by atoms with Crippen molar-refractivity contribution in [2.24, 2.45) is 0 Å². The number of methoxy groups -OCH3 is 1. The van der Waals surface area contributed by atoms with Gasteiger partial charge in [0, 0.05) is 24.1 Å². The van der Waals surface area contributed by atoms with Gasteiger partial charge in [0.25, 0.3) is 0 Å². The molecule has 3 nitrogen and oxygen atoms in total. The number of benzene rings is 1. The molecule has 0 saturated heterocycles. The average molecular weight is 265 g/mol. The smallest absolute Gasteiger partial charge is 0.126 e. The maximum Gasteiger partial charge on any atom is 0.126 e. The van der Waals surface area contributed by atoms with E-state index in [-0.39, 0.29) is 6.10 Å². The number of hydrogen-bond donors (Lipinski definition) is 1. The number of anilines is 1. The molecular formula is C14H17ClN2O. The van der Waals surface area contributed by atoms with Crippen molar-refractivity contribution >= 4 is 28.3 Å². The van der Waals surface area contributed by atoms with E-state index in [9.17, 15) is 0 Å². The fraction of sp³-hybridized carbons (Fsp3) is 0.357. The minimum Gasteiger partial charge on any atom is -0.380 e. The summed E-state index contributed by atoms with van der Waals surface area (Å²) in [6.45, 7) is 4.73. The number of pyridine rings is 1. The summed E-state index contributed by atoms with van der Waals surface area (Å²) in [7, 11) is 1.70. The molecule has 0 aliphatic heterocycles. The summed E-state index contributed by atoms with van der Waals surface area (Å²) in [6, 6.07) is 7.91. The van der Waals surface area contributed by atoms with Crippen molar-refractivity contribution in [1.29, 1.82) is 0 Å². The van der Waals surface area contributed by atoms with Crippen molar-refractivity contribution in [3.63, 3.8) is 0 Å². The molecule has 0 fully saturated rings. The summed E-state index contributed by atoms with van der Waals surface area (Å²) < 4.78 is 5.19. The van der Waals surface area contributed by atoms with Crippen LogP contribution in [0.5, 0.6) is 0 Å². The third-order valence-electron chi connectivity index (χ3n) is 3.02. The second kappa shape index (κ2) is 5.55. The number of rotatable bonds is 4. The van der Waals surface area contributed by atoms with E-state index in [1.165, 1.54) is 0 Å². The molecular weight excluding hydrogens is 248 g/mol. The normalized spacial score (nSPS) is 12.7. The first-order valence-corrected chi connectivity index (χ1v) is 6.32. The Balaban J connectivity index is 2.29. The van der Waals surface area contributed by atoms with Crippen LogP contribution in [-0.4, -0.2) is 24.7 Å². The Bertz CT molecular complexity index is 557. The molecule has 0 radical (unpaired) electrons. The predicted octanol–water partition coefficient (Wildman–Crippen LogP) is 3.64. The number of aromatic nitrogens is 1. The fourth-order valence-electron chi connectivity index (χ4n) is 1.74. The third-order valence-corrected chi connectivity index (χ3v) is 3.43. The van der Waals surface area contributed by atoms with Gasteiger partial charge in [-0.1, -0.05) is 17.7 Å². The number of hydrogen-bond acceptors (Lipinski definition) is 3. The molecule has 1 atom stereocenters. The highest BCUT2D eigenvalue weighted by molar-refractivity contribution is 6.32. The molecule has 1 heterocycles. The van der Waals surface area contributed by atoms with Gasteiger partial charge in [-0.05, 0) is 37.6 Å². The Kier molecular flexibility index (Phi) is 4.04. The predicted molar refractivity (Wildman–Crippen MR) is 76.5 cm³/mol. The van der Waals surface area contributed by atoms with Gasteiger partial charge in [0.15, 0.2) is 0 Å². The van der Waals surface area contributed by atoms with Crippen LogP contribution >= 0.6 is 11.6 Å². The molecule has 2 rings (SSSR count). The Labute approximate surface area is 112 Å². The second-order valence-corrected chi connectivity index (χ2v) is 4.78. The minimum atomic E-state index is 0.156. The van der Waals surface area contributed by atoms with Crippen molar-refractivity contribution in [2.75, 3.05) is 19.0 Å². The highest BCUT2D eigenvalue weighted by atomic mass is 35.5. The van der Waals surface area contributed by atoms with Gasteiger partial charge in [-0.3, -0.25) is 0 Å². The molecule has 0 saturated carbocycles. The molecule has 1 N–H and O–H groups in total. The number of ether oxygens (including phenoxy) is 1. The van der Waals surface area contributed by atoms with E-state index in [0.29, 0.717) is 0 Å². The lowest BCUT2D eigenvalue weighted by molar-refractivity contribution is 0.128. The summed E-state index contributed by atoms with van der Waals surface area (Å²) in [5, 5.41) is 5.10. The quantitative estimate of drug-likeness (QED) is 0.915. The van der Waals surface area contributed by atoms with Crippen LogP contribution in [-0.2, 0) is 4.74 Å². The summed E-state index contributed by atoms with van der Waals surface area (Å²) in [4.78, 5) is 4.59. The van der Waals surface area contributed by atoms with E-state index in [1.807, 2.05) is 38.1 Å². The van der Waals surface area contributed by atoms with Crippen molar-refractivity contribution in [2.45, 2.75) is 20.0 Å². The van der Waals surface area contributed by atoms with Gasteiger partial charge >= 0.3 is 0 Å². The van der Waals surface area contributed by atoms with Gasteiger partial charge in [0.2, 0.25) is 0 Å². The number of aryl methyl sites for hydroxylation is 1. The van der Waals surface area contributed by atoms with Gasteiger partial charge in [-0.15, -0.1) is 0 Å². The first kappa shape index (κ1) is 13.1. The van der Waals surface area contributed by atoms with E-state index >= 15 is 0 Å². The molecule has 0 amide bonds. The van der Waals surface area contributed by atoms with Crippen LogP contribution < -0.4 is 5.32 Å². The second-order valence-electron chi connectivity index (χ2n) is 4.37. The highest BCUT2D eigenvalue weighted by Gasteiger charge is 2.05. The molecule has 0 aliphatic rings. The van der Waals surface area contributed by atoms with Crippen LogP contribution in [0.15, 0.2) is 24.3 Å². The molecule has 1 unspecified atom stereocenters. The summed E-state index contributed by atoms with van der Waals surface area (Å²) in [5.41, 5.74) is 1.95. The van der Waals surface area contributed by atoms with Crippen LogP contribution in [0.4, 0.5) is 5.82 Å². The monoisotopic (exact) mass is 264 g/mol. The maximum atomic E-state index is 6.11. The maximum absolute atomic E-state index is 6.11. The zero-order chi connectivity index (χ0) is 13.1. The summed E-state index contributed by atoms with van der Waals surface area (Å²) in [6.07, 6.45) is 0.156. The Hall–Kier alpha value is -1.32. The zero-order valence-corrected chi connectivity index (χ0v) is 11.6. The van der Waals surface area contributed by atoms with Gasteiger partial charge in [0.05, 0.1) is 11.6 Å². The Morgan fingerprint density at radius 3 is 2.78 bits per heavy atom. The molecule has 2 aromatic rings.